The summed E-state index contributed by atoms with van der Waals surface area (Å²) in [5, 5.41) is 7.16. The van der Waals surface area contributed by atoms with E-state index < -0.39 is 6.10 Å². The number of oxime groups is 1. The molecule has 0 unspecified atom stereocenters. The largest absolute Gasteiger partial charge is 0.382 e. The Hall–Kier alpha value is -3.13. The number of aromatic nitrogens is 2. The number of thiazole rings is 1. The molecule has 1 amide bonds. The normalized spacial score (nSPS) is 15.9. The number of aryl methyl sites for hydroxylation is 1. The smallest absolute Gasteiger partial charge is 0.270 e. The number of carbonyl (C=O) groups excluding carboxylic acids is 1. The maximum atomic E-state index is 13.4. The zero-order valence-electron chi connectivity index (χ0n) is 14.3. The highest BCUT2D eigenvalue weighted by Crippen LogP contribution is 2.31. The average Bonchev–Trinajstić information content (AvgIpc) is 3.29. The number of rotatable bonds is 4. The van der Waals surface area contributed by atoms with Crippen molar-refractivity contribution in [2.24, 2.45) is 5.16 Å². The molecule has 27 heavy (non-hydrogen) atoms. The monoisotopic (exact) mass is 382 g/mol. The molecule has 1 aromatic carbocycles. The van der Waals surface area contributed by atoms with Crippen LogP contribution in [0.5, 0.6) is 0 Å². The Morgan fingerprint density at radius 1 is 1.30 bits per heavy atom. The standard InChI is InChI=1S/C19H15FN4O2S/c1-11-17(14-7-2-3-8-21-14)27-19(22-11)23-18(25)16-10-15(24-26-16)12-5-4-6-13(20)9-12/h2-9,16H,10H2,1H3,(H,22,23,25)/t16-/m1/s1. The van der Waals surface area contributed by atoms with Gasteiger partial charge in [0.15, 0.2) is 5.13 Å². The van der Waals surface area contributed by atoms with E-state index in [1.165, 1.54) is 23.5 Å². The number of pyridine rings is 1. The summed E-state index contributed by atoms with van der Waals surface area (Å²) in [6, 6.07) is 11.7. The van der Waals surface area contributed by atoms with Crippen LogP contribution in [0.4, 0.5) is 9.52 Å². The second-order valence-electron chi connectivity index (χ2n) is 5.98. The third-order valence-corrected chi connectivity index (χ3v) is 5.14. The molecule has 3 heterocycles. The van der Waals surface area contributed by atoms with E-state index in [1.54, 1.807) is 18.3 Å². The number of hydrogen-bond donors (Lipinski definition) is 1. The number of halogens is 1. The van der Waals surface area contributed by atoms with Gasteiger partial charge in [-0.1, -0.05) is 34.7 Å². The van der Waals surface area contributed by atoms with Crippen LogP contribution in [0.25, 0.3) is 10.6 Å². The summed E-state index contributed by atoms with van der Waals surface area (Å²) >= 11 is 1.35. The summed E-state index contributed by atoms with van der Waals surface area (Å²) in [7, 11) is 0. The molecule has 4 rings (SSSR count). The van der Waals surface area contributed by atoms with E-state index >= 15 is 0 Å². The van der Waals surface area contributed by atoms with E-state index in [-0.39, 0.29) is 18.1 Å². The second kappa shape index (κ2) is 7.24. The Bertz CT molecular complexity index is 1020. The molecule has 0 aliphatic carbocycles. The molecule has 136 valence electrons. The van der Waals surface area contributed by atoms with Gasteiger partial charge in [-0.15, -0.1) is 0 Å². The Morgan fingerprint density at radius 2 is 2.19 bits per heavy atom. The van der Waals surface area contributed by atoms with E-state index in [4.69, 9.17) is 4.84 Å². The van der Waals surface area contributed by atoms with Gasteiger partial charge in [-0.05, 0) is 31.2 Å². The van der Waals surface area contributed by atoms with Gasteiger partial charge < -0.3 is 4.84 Å². The molecule has 0 radical (unpaired) electrons. The highest BCUT2D eigenvalue weighted by atomic mass is 32.1. The highest BCUT2D eigenvalue weighted by Gasteiger charge is 2.30. The molecule has 1 N–H and O–H groups in total. The first-order valence-corrected chi connectivity index (χ1v) is 9.10. The molecule has 0 saturated heterocycles. The summed E-state index contributed by atoms with van der Waals surface area (Å²) in [6.07, 6.45) is 1.21. The van der Waals surface area contributed by atoms with Crippen molar-refractivity contribution in [2.75, 3.05) is 5.32 Å². The minimum atomic E-state index is -0.772. The van der Waals surface area contributed by atoms with Crippen LogP contribution in [-0.4, -0.2) is 27.7 Å². The van der Waals surface area contributed by atoms with E-state index in [0.29, 0.717) is 16.4 Å². The SMILES string of the molecule is Cc1nc(NC(=O)[C@H]2CC(c3cccc(F)c3)=NO2)sc1-c1ccccn1. The topological polar surface area (TPSA) is 76.5 Å². The maximum absolute atomic E-state index is 13.4. The molecule has 6 nitrogen and oxygen atoms in total. The lowest BCUT2D eigenvalue weighted by Crippen LogP contribution is -2.28. The van der Waals surface area contributed by atoms with Crippen molar-refractivity contribution in [2.45, 2.75) is 19.4 Å². The van der Waals surface area contributed by atoms with Gasteiger partial charge in [-0.3, -0.25) is 15.1 Å². The summed E-state index contributed by atoms with van der Waals surface area (Å²) < 4.78 is 13.4. The molecule has 1 aliphatic heterocycles. The summed E-state index contributed by atoms with van der Waals surface area (Å²) in [5.41, 5.74) is 2.74. The Kier molecular flexibility index (Phi) is 4.64. The van der Waals surface area contributed by atoms with Crippen LogP contribution in [-0.2, 0) is 9.63 Å². The van der Waals surface area contributed by atoms with Gasteiger partial charge in [0.25, 0.3) is 5.91 Å². The number of hydrogen-bond acceptors (Lipinski definition) is 6. The first-order valence-electron chi connectivity index (χ1n) is 8.28. The molecule has 0 bridgehead atoms. The lowest BCUT2D eigenvalue weighted by atomic mass is 10.0. The quantitative estimate of drug-likeness (QED) is 0.745. The van der Waals surface area contributed by atoms with Crippen molar-refractivity contribution in [1.29, 1.82) is 0 Å². The van der Waals surface area contributed by atoms with Crippen molar-refractivity contribution in [1.82, 2.24) is 9.97 Å². The predicted molar refractivity (Wildman–Crippen MR) is 101 cm³/mol. The fourth-order valence-electron chi connectivity index (χ4n) is 2.73. The lowest BCUT2D eigenvalue weighted by Gasteiger charge is -2.07. The van der Waals surface area contributed by atoms with Gasteiger partial charge in [0.05, 0.1) is 22.0 Å². The van der Waals surface area contributed by atoms with Gasteiger partial charge in [0.1, 0.15) is 5.82 Å². The fraction of sp³-hybridized carbons (Fsp3) is 0.158. The Labute approximate surface area is 158 Å². The zero-order chi connectivity index (χ0) is 18.8. The number of carbonyl (C=O) groups is 1. The number of benzene rings is 1. The molecular formula is C19H15FN4O2S. The van der Waals surface area contributed by atoms with Gasteiger partial charge in [0.2, 0.25) is 6.10 Å². The van der Waals surface area contributed by atoms with Crippen molar-refractivity contribution in [3.63, 3.8) is 0 Å². The Morgan fingerprint density at radius 3 is 2.96 bits per heavy atom. The van der Waals surface area contributed by atoms with Crippen molar-refractivity contribution < 1.29 is 14.0 Å². The fourth-order valence-corrected chi connectivity index (χ4v) is 3.67. The minimum Gasteiger partial charge on any atom is -0.382 e. The maximum Gasteiger partial charge on any atom is 0.270 e. The number of anilines is 1. The highest BCUT2D eigenvalue weighted by molar-refractivity contribution is 7.19. The average molecular weight is 382 g/mol. The van der Waals surface area contributed by atoms with E-state index in [9.17, 15) is 9.18 Å². The van der Waals surface area contributed by atoms with Gasteiger partial charge in [-0.2, -0.15) is 0 Å². The van der Waals surface area contributed by atoms with Crippen molar-refractivity contribution in [3.8, 4) is 10.6 Å². The molecule has 1 atom stereocenters. The van der Waals surface area contributed by atoms with Crippen LogP contribution in [0, 0.1) is 12.7 Å². The Balaban J connectivity index is 1.44. The van der Waals surface area contributed by atoms with Crippen LogP contribution in [0.1, 0.15) is 17.7 Å². The molecule has 0 spiro atoms. The molecular weight excluding hydrogens is 367 g/mol. The third-order valence-electron chi connectivity index (χ3n) is 4.04. The molecule has 1 aliphatic rings. The lowest BCUT2D eigenvalue weighted by molar-refractivity contribution is -0.125. The second-order valence-corrected chi connectivity index (χ2v) is 6.98. The molecule has 3 aromatic rings. The van der Waals surface area contributed by atoms with Crippen molar-refractivity contribution >= 4 is 28.1 Å². The number of nitrogens with one attached hydrogen (secondary N) is 1. The first kappa shape index (κ1) is 17.3. The third kappa shape index (κ3) is 3.70. The summed E-state index contributed by atoms with van der Waals surface area (Å²) in [5.74, 6) is -0.699. The van der Waals surface area contributed by atoms with Crippen LogP contribution in [0.3, 0.4) is 0 Å². The molecule has 2 aromatic heterocycles. The van der Waals surface area contributed by atoms with Crippen LogP contribution in [0.2, 0.25) is 0 Å². The minimum absolute atomic E-state index is 0.271. The van der Waals surface area contributed by atoms with Crippen LogP contribution in [0.15, 0.2) is 53.8 Å². The van der Waals surface area contributed by atoms with E-state index in [0.717, 1.165) is 16.3 Å². The molecule has 0 fully saturated rings. The molecule has 8 heteroatoms. The van der Waals surface area contributed by atoms with Gasteiger partial charge in [-0.25, -0.2) is 9.37 Å². The van der Waals surface area contributed by atoms with Gasteiger partial charge >= 0.3 is 0 Å². The summed E-state index contributed by atoms with van der Waals surface area (Å²) in [6.45, 7) is 1.87. The van der Waals surface area contributed by atoms with Crippen LogP contribution < -0.4 is 5.32 Å². The summed E-state index contributed by atoms with van der Waals surface area (Å²) in [4.78, 5) is 27.3. The van der Waals surface area contributed by atoms with E-state index in [1.807, 2.05) is 25.1 Å². The van der Waals surface area contributed by atoms with Gasteiger partial charge in [0, 0.05) is 18.2 Å². The zero-order valence-corrected chi connectivity index (χ0v) is 15.2. The number of amides is 1. The van der Waals surface area contributed by atoms with Crippen LogP contribution >= 0.6 is 11.3 Å². The number of nitrogens with zero attached hydrogens (tertiary/aromatic N) is 3. The predicted octanol–water partition coefficient (Wildman–Crippen LogP) is 3.78. The van der Waals surface area contributed by atoms with E-state index in [2.05, 4.69) is 20.4 Å². The molecule has 0 saturated carbocycles. The first-order chi connectivity index (χ1) is 13.1. The van der Waals surface area contributed by atoms with Crippen molar-refractivity contribution in [3.05, 3.63) is 65.7 Å².